The fourth-order valence-corrected chi connectivity index (χ4v) is 5.00. The topological polar surface area (TPSA) is 39.7 Å². The van der Waals surface area contributed by atoms with Gasteiger partial charge in [0.1, 0.15) is 0 Å². The van der Waals surface area contributed by atoms with Crippen LogP contribution in [-0.4, -0.2) is 66.0 Å². The number of carbonyl (C=O) groups is 1. The van der Waals surface area contributed by atoms with Gasteiger partial charge in [0, 0.05) is 78.2 Å². The van der Waals surface area contributed by atoms with Crippen LogP contribution in [0.4, 0.5) is 5.69 Å². The Kier molecular flexibility index (Phi) is 5.74. The molecule has 0 N–H and O–H groups in total. The summed E-state index contributed by atoms with van der Waals surface area (Å²) in [5.74, 6) is 0.0891. The molecule has 2 saturated heterocycles. The first-order valence-electron chi connectivity index (χ1n) is 10.7. The number of halogens is 2. The molecule has 31 heavy (non-hydrogen) atoms. The Bertz CT molecular complexity index is 1100. The van der Waals surface area contributed by atoms with Crippen molar-refractivity contribution < 1.29 is 4.79 Å². The van der Waals surface area contributed by atoms with E-state index in [-0.39, 0.29) is 5.91 Å². The van der Waals surface area contributed by atoms with Crippen LogP contribution in [0.2, 0.25) is 10.0 Å². The minimum atomic E-state index is 0.0891. The molecule has 2 aromatic carbocycles. The monoisotopic (exact) mass is 454 g/mol. The first-order valence-corrected chi connectivity index (χ1v) is 11.4. The molecule has 0 spiro atoms. The van der Waals surface area contributed by atoms with Crippen LogP contribution >= 0.6 is 23.2 Å². The highest BCUT2D eigenvalue weighted by atomic mass is 35.5. The van der Waals surface area contributed by atoms with Gasteiger partial charge in [-0.15, -0.1) is 0 Å². The van der Waals surface area contributed by atoms with Gasteiger partial charge in [-0.25, -0.2) is 0 Å². The number of pyridine rings is 1. The largest absolute Gasteiger partial charge is 0.369 e. The highest BCUT2D eigenvalue weighted by Crippen LogP contribution is 2.31. The van der Waals surface area contributed by atoms with Gasteiger partial charge in [-0.1, -0.05) is 23.2 Å². The molecule has 0 aliphatic carbocycles. The maximum Gasteiger partial charge on any atom is 0.253 e. The predicted molar refractivity (Wildman–Crippen MR) is 126 cm³/mol. The zero-order valence-corrected chi connectivity index (χ0v) is 18.7. The van der Waals surface area contributed by atoms with Gasteiger partial charge in [-0.3, -0.25) is 14.7 Å². The second kappa shape index (κ2) is 8.65. The maximum atomic E-state index is 12.8. The Balaban J connectivity index is 1.22. The van der Waals surface area contributed by atoms with E-state index in [2.05, 4.69) is 26.9 Å². The molecule has 2 fully saturated rings. The van der Waals surface area contributed by atoms with Crippen molar-refractivity contribution in [2.45, 2.75) is 12.5 Å². The standard InChI is InChI=1S/C24H24Cl2N4O/c25-18-3-1-17(2-4-18)24(31)29-13-11-28(12-14-29)20-8-10-30(16-20)23-7-9-27-22-15-19(26)5-6-21(22)23/h1-7,9,15,20H,8,10-14,16H2. The lowest BCUT2D eigenvalue weighted by Crippen LogP contribution is -2.52. The Labute approximate surface area is 192 Å². The van der Waals surface area contributed by atoms with Crippen LogP contribution in [0.3, 0.4) is 0 Å². The molecule has 5 nitrogen and oxygen atoms in total. The van der Waals surface area contributed by atoms with E-state index in [1.54, 1.807) is 24.3 Å². The van der Waals surface area contributed by atoms with Gasteiger partial charge < -0.3 is 9.80 Å². The van der Waals surface area contributed by atoms with Crippen LogP contribution in [0.15, 0.2) is 54.7 Å². The van der Waals surface area contributed by atoms with E-state index in [1.807, 2.05) is 23.2 Å². The number of benzene rings is 2. The Morgan fingerprint density at radius 2 is 1.65 bits per heavy atom. The third-order valence-corrected chi connectivity index (χ3v) is 6.88. The minimum absolute atomic E-state index is 0.0891. The molecular weight excluding hydrogens is 431 g/mol. The lowest BCUT2D eigenvalue weighted by Gasteiger charge is -2.38. The molecule has 1 atom stereocenters. The molecule has 1 amide bonds. The fourth-order valence-electron chi connectivity index (χ4n) is 4.71. The summed E-state index contributed by atoms with van der Waals surface area (Å²) in [4.78, 5) is 24.2. The van der Waals surface area contributed by atoms with Gasteiger partial charge in [0.05, 0.1) is 5.52 Å². The van der Waals surface area contributed by atoms with Gasteiger partial charge in [0.25, 0.3) is 5.91 Å². The summed E-state index contributed by atoms with van der Waals surface area (Å²) in [5.41, 5.74) is 2.86. The lowest BCUT2D eigenvalue weighted by molar-refractivity contribution is 0.0585. The van der Waals surface area contributed by atoms with E-state index in [0.717, 1.165) is 56.6 Å². The van der Waals surface area contributed by atoms with E-state index >= 15 is 0 Å². The van der Waals surface area contributed by atoms with E-state index in [4.69, 9.17) is 23.2 Å². The normalized spacial score (nSPS) is 19.9. The van der Waals surface area contributed by atoms with Crippen molar-refractivity contribution in [2.24, 2.45) is 0 Å². The third kappa shape index (κ3) is 4.22. The highest BCUT2D eigenvalue weighted by molar-refractivity contribution is 6.31. The number of hydrogen-bond acceptors (Lipinski definition) is 4. The average molecular weight is 455 g/mol. The first kappa shape index (κ1) is 20.6. The number of fused-ring (bicyclic) bond motifs is 1. The van der Waals surface area contributed by atoms with E-state index in [0.29, 0.717) is 21.7 Å². The summed E-state index contributed by atoms with van der Waals surface area (Å²) in [6, 6.07) is 15.7. The predicted octanol–water partition coefficient (Wildman–Crippen LogP) is 4.58. The molecule has 2 aliphatic rings. The maximum absolute atomic E-state index is 12.8. The van der Waals surface area contributed by atoms with Crippen LogP contribution in [0.5, 0.6) is 0 Å². The van der Waals surface area contributed by atoms with Crippen molar-refractivity contribution in [3.63, 3.8) is 0 Å². The van der Waals surface area contributed by atoms with Gasteiger partial charge in [0.2, 0.25) is 0 Å². The Hall–Kier alpha value is -2.34. The number of rotatable bonds is 3. The number of nitrogens with zero attached hydrogens (tertiary/aromatic N) is 4. The third-order valence-electron chi connectivity index (χ3n) is 6.39. The van der Waals surface area contributed by atoms with Crippen LogP contribution in [-0.2, 0) is 0 Å². The van der Waals surface area contributed by atoms with E-state index < -0.39 is 0 Å². The molecule has 0 radical (unpaired) electrons. The van der Waals surface area contributed by atoms with E-state index in [9.17, 15) is 4.79 Å². The zero-order valence-electron chi connectivity index (χ0n) is 17.2. The van der Waals surface area contributed by atoms with Crippen molar-refractivity contribution in [3.8, 4) is 0 Å². The smallest absolute Gasteiger partial charge is 0.253 e. The zero-order chi connectivity index (χ0) is 21.4. The summed E-state index contributed by atoms with van der Waals surface area (Å²) in [6.07, 6.45) is 2.99. The van der Waals surface area contributed by atoms with Crippen LogP contribution in [0.25, 0.3) is 10.9 Å². The summed E-state index contributed by atoms with van der Waals surface area (Å²) in [6.45, 7) is 5.35. The van der Waals surface area contributed by atoms with Crippen molar-refractivity contribution in [1.29, 1.82) is 0 Å². The number of amides is 1. The van der Waals surface area contributed by atoms with Crippen LogP contribution in [0.1, 0.15) is 16.8 Å². The summed E-state index contributed by atoms with van der Waals surface area (Å²) in [5, 5.41) is 2.51. The quantitative estimate of drug-likeness (QED) is 0.580. The van der Waals surface area contributed by atoms with Crippen LogP contribution < -0.4 is 4.90 Å². The highest BCUT2D eigenvalue weighted by Gasteiger charge is 2.32. The van der Waals surface area contributed by atoms with Crippen LogP contribution in [0, 0.1) is 0 Å². The molecule has 0 bridgehead atoms. The minimum Gasteiger partial charge on any atom is -0.369 e. The van der Waals surface area contributed by atoms with Gasteiger partial charge >= 0.3 is 0 Å². The summed E-state index contributed by atoms with van der Waals surface area (Å²) < 4.78 is 0. The van der Waals surface area contributed by atoms with Gasteiger partial charge in [0.15, 0.2) is 0 Å². The molecule has 7 heteroatoms. The number of carbonyl (C=O) groups excluding carboxylic acids is 1. The van der Waals surface area contributed by atoms with Crippen molar-refractivity contribution in [2.75, 3.05) is 44.2 Å². The molecule has 3 heterocycles. The molecular formula is C24H24Cl2N4O. The Morgan fingerprint density at radius 3 is 2.42 bits per heavy atom. The van der Waals surface area contributed by atoms with Crippen molar-refractivity contribution >= 4 is 45.7 Å². The molecule has 1 unspecified atom stereocenters. The first-order chi connectivity index (χ1) is 15.1. The second-order valence-electron chi connectivity index (χ2n) is 8.22. The molecule has 2 aliphatic heterocycles. The SMILES string of the molecule is O=C(c1ccc(Cl)cc1)N1CCN(C2CCN(c3ccnc4cc(Cl)ccc34)C2)CC1. The number of piperazine rings is 1. The second-order valence-corrected chi connectivity index (χ2v) is 9.09. The molecule has 3 aromatic rings. The molecule has 160 valence electrons. The molecule has 1 aromatic heterocycles. The summed E-state index contributed by atoms with van der Waals surface area (Å²) >= 11 is 12.1. The van der Waals surface area contributed by atoms with Crippen molar-refractivity contribution in [3.05, 3.63) is 70.3 Å². The fraction of sp³-hybridized carbons (Fsp3) is 0.333. The van der Waals surface area contributed by atoms with Gasteiger partial charge in [-0.05, 0) is 55.0 Å². The summed E-state index contributed by atoms with van der Waals surface area (Å²) in [7, 11) is 0. The van der Waals surface area contributed by atoms with E-state index in [1.165, 1.54) is 5.69 Å². The number of aromatic nitrogens is 1. The number of hydrogen-bond donors (Lipinski definition) is 0. The Morgan fingerprint density at radius 1 is 0.903 bits per heavy atom. The van der Waals surface area contributed by atoms with Gasteiger partial charge in [-0.2, -0.15) is 0 Å². The number of anilines is 1. The lowest BCUT2D eigenvalue weighted by atomic mass is 10.1. The molecule has 0 saturated carbocycles. The van der Waals surface area contributed by atoms with Crippen molar-refractivity contribution in [1.82, 2.24) is 14.8 Å². The molecule has 5 rings (SSSR count). The average Bonchev–Trinajstić information content (AvgIpc) is 3.29.